The zero-order valence-corrected chi connectivity index (χ0v) is 11.5. The van der Waals surface area contributed by atoms with Gasteiger partial charge in [-0.1, -0.05) is 30.3 Å². The summed E-state index contributed by atoms with van der Waals surface area (Å²) < 4.78 is 5.64. The fourth-order valence-electron chi connectivity index (χ4n) is 1.66. The van der Waals surface area contributed by atoms with Crippen LogP contribution in [-0.2, 0) is 11.2 Å². The van der Waals surface area contributed by atoms with Crippen LogP contribution in [0.4, 0.5) is 0 Å². The zero-order valence-electron chi connectivity index (χ0n) is 10.7. The second-order valence-corrected chi connectivity index (χ2v) is 4.21. The number of benzene rings is 2. The Balaban J connectivity index is 0.00000200. The highest BCUT2D eigenvalue weighted by molar-refractivity contribution is 5.85. The molecule has 0 aliphatic carbocycles. The molecule has 4 nitrogen and oxygen atoms in total. The fraction of sp³-hybridized carbons (Fsp3) is 0.133. The summed E-state index contributed by atoms with van der Waals surface area (Å²) in [5.74, 6) is 0.473. The highest BCUT2D eigenvalue weighted by atomic mass is 35.5. The average molecular weight is 294 g/mol. The molecule has 5 heteroatoms. The highest BCUT2D eigenvalue weighted by Gasteiger charge is 2.11. The van der Waals surface area contributed by atoms with E-state index in [-0.39, 0.29) is 12.4 Å². The van der Waals surface area contributed by atoms with Crippen molar-refractivity contribution >= 4 is 18.4 Å². The van der Waals surface area contributed by atoms with Gasteiger partial charge in [0, 0.05) is 0 Å². The molecular weight excluding hydrogens is 278 g/mol. The maximum Gasteiger partial charge on any atom is 0.320 e. The topological polar surface area (TPSA) is 72.5 Å². The maximum absolute atomic E-state index is 10.7. The van der Waals surface area contributed by atoms with Crippen LogP contribution in [0.5, 0.6) is 11.5 Å². The van der Waals surface area contributed by atoms with E-state index in [0.717, 1.165) is 11.3 Å². The van der Waals surface area contributed by atoms with Crippen LogP contribution < -0.4 is 10.5 Å². The number of ether oxygens (including phenoxy) is 1. The molecule has 2 aromatic carbocycles. The first-order valence-electron chi connectivity index (χ1n) is 5.95. The molecule has 0 saturated heterocycles. The van der Waals surface area contributed by atoms with E-state index in [1.165, 1.54) is 0 Å². The second kappa shape index (κ2) is 7.53. The van der Waals surface area contributed by atoms with Crippen molar-refractivity contribution in [3.63, 3.8) is 0 Å². The van der Waals surface area contributed by atoms with Gasteiger partial charge in [-0.25, -0.2) is 0 Å². The molecule has 106 valence electrons. The number of nitrogens with two attached hydrogens (primary N) is 1. The number of rotatable bonds is 5. The molecule has 0 aliphatic heterocycles. The van der Waals surface area contributed by atoms with Gasteiger partial charge >= 0.3 is 5.97 Å². The van der Waals surface area contributed by atoms with E-state index >= 15 is 0 Å². The normalized spacial score (nSPS) is 11.2. The van der Waals surface area contributed by atoms with Crippen molar-refractivity contribution in [1.82, 2.24) is 0 Å². The van der Waals surface area contributed by atoms with Gasteiger partial charge in [0.2, 0.25) is 0 Å². The lowest BCUT2D eigenvalue weighted by atomic mass is 10.1. The first-order valence-corrected chi connectivity index (χ1v) is 5.95. The van der Waals surface area contributed by atoms with Crippen LogP contribution in [0.15, 0.2) is 54.6 Å². The SMILES string of the molecule is Cl.N[C@H](Cc1ccc(Oc2ccccc2)cc1)C(=O)O. The van der Waals surface area contributed by atoms with Crippen molar-refractivity contribution < 1.29 is 14.6 Å². The quantitative estimate of drug-likeness (QED) is 0.889. The van der Waals surface area contributed by atoms with Crippen LogP contribution in [0, 0.1) is 0 Å². The monoisotopic (exact) mass is 293 g/mol. The molecular formula is C15H16ClNO3. The summed E-state index contributed by atoms with van der Waals surface area (Å²) in [6.45, 7) is 0. The molecule has 0 aromatic heterocycles. The molecule has 20 heavy (non-hydrogen) atoms. The summed E-state index contributed by atoms with van der Waals surface area (Å²) in [5.41, 5.74) is 6.35. The van der Waals surface area contributed by atoms with Gasteiger partial charge in [0.25, 0.3) is 0 Å². The molecule has 0 fully saturated rings. The molecule has 2 aromatic rings. The lowest BCUT2D eigenvalue weighted by Crippen LogP contribution is -2.32. The zero-order chi connectivity index (χ0) is 13.7. The molecule has 0 saturated carbocycles. The van der Waals surface area contributed by atoms with E-state index in [4.69, 9.17) is 15.6 Å². The van der Waals surface area contributed by atoms with Crippen LogP contribution in [-0.4, -0.2) is 17.1 Å². The Kier molecular flexibility index (Phi) is 6.03. The minimum Gasteiger partial charge on any atom is -0.480 e. The Hall–Kier alpha value is -2.04. The lowest BCUT2D eigenvalue weighted by molar-refractivity contribution is -0.138. The van der Waals surface area contributed by atoms with E-state index in [2.05, 4.69) is 0 Å². The smallest absolute Gasteiger partial charge is 0.320 e. The molecule has 0 unspecified atom stereocenters. The van der Waals surface area contributed by atoms with Gasteiger partial charge in [-0.05, 0) is 36.2 Å². The number of hydrogen-bond acceptors (Lipinski definition) is 3. The van der Waals surface area contributed by atoms with E-state index in [1.54, 1.807) is 12.1 Å². The molecule has 2 rings (SSSR count). The fourth-order valence-corrected chi connectivity index (χ4v) is 1.66. The third kappa shape index (κ3) is 4.57. The summed E-state index contributed by atoms with van der Waals surface area (Å²) in [6.07, 6.45) is 0.306. The Morgan fingerprint density at radius 3 is 2.15 bits per heavy atom. The molecule has 0 amide bonds. The van der Waals surface area contributed by atoms with Crippen LogP contribution in [0.3, 0.4) is 0 Å². The van der Waals surface area contributed by atoms with Crippen molar-refractivity contribution in [3.05, 3.63) is 60.2 Å². The van der Waals surface area contributed by atoms with Crippen LogP contribution >= 0.6 is 12.4 Å². The average Bonchev–Trinajstić information content (AvgIpc) is 2.42. The molecule has 0 radical (unpaired) electrons. The second-order valence-electron chi connectivity index (χ2n) is 4.21. The molecule has 0 bridgehead atoms. The lowest BCUT2D eigenvalue weighted by Gasteiger charge is -2.08. The number of carboxylic acid groups (broad SMARTS) is 1. The largest absolute Gasteiger partial charge is 0.480 e. The molecule has 0 aliphatic rings. The number of para-hydroxylation sites is 1. The summed E-state index contributed by atoms with van der Waals surface area (Å²) in [7, 11) is 0. The molecule has 0 heterocycles. The van der Waals surface area contributed by atoms with Crippen molar-refractivity contribution in [1.29, 1.82) is 0 Å². The Morgan fingerprint density at radius 1 is 1.05 bits per heavy atom. The summed E-state index contributed by atoms with van der Waals surface area (Å²) in [6, 6.07) is 15.8. The van der Waals surface area contributed by atoms with Crippen molar-refractivity contribution in [3.8, 4) is 11.5 Å². The van der Waals surface area contributed by atoms with Gasteiger partial charge in [0.15, 0.2) is 0 Å². The van der Waals surface area contributed by atoms with Gasteiger partial charge in [-0.2, -0.15) is 0 Å². The highest BCUT2D eigenvalue weighted by Crippen LogP contribution is 2.21. The van der Waals surface area contributed by atoms with E-state index < -0.39 is 12.0 Å². The van der Waals surface area contributed by atoms with Gasteiger partial charge in [0.1, 0.15) is 17.5 Å². The third-order valence-electron chi connectivity index (χ3n) is 2.68. The summed E-state index contributed by atoms with van der Waals surface area (Å²) in [5, 5.41) is 8.74. The Labute approximate surface area is 123 Å². The first-order chi connectivity index (χ1) is 9.15. The third-order valence-corrected chi connectivity index (χ3v) is 2.68. The van der Waals surface area contributed by atoms with E-state index in [9.17, 15) is 4.79 Å². The van der Waals surface area contributed by atoms with E-state index in [0.29, 0.717) is 12.2 Å². The predicted molar refractivity (Wildman–Crippen MR) is 79.5 cm³/mol. The van der Waals surface area contributed by atoms with Crippen LogP contribution in [0.1, 0.15) is 5.56 Å². The van der Waals surface area contributed by atoms with Crippen molar-refractivity contribution in [2.75, 3.05) is 0 Å². The van der Waals surface area contributed by atoms with Gasteiger partial charge < -0.3 is 15.6 Å². The first kappa shape index (κ1) is 16.0. The van der Waals surface area contributed by atoms with E-state index in [1.807, 2.05) is 42.5 Å². The summed E-state index contributed by atoms with van der Waals surface area (Å²) in [4.78, 5) is 10.7. The molecule has 3 N–H and O–H groups in total. The van der Waals surface area contributed by atoms with Crippen LogP contribution in [0.2, 0.25) is 0 Å². The van der Waals surface area contributed by atoms with Crippen molar-refractivity contribution in [2.45, 2.75) is 12.5 Å². The number of aliphatic carboxylic acids is 1. The number of carboxylic acids is 1. The van der Waals surface area contributed by atoms with Crippen LogP contribution in [0.25, 0.3) is 0 Å². The Bertz CT molecular complexity index is 543. The van der Waals surface area contributed by atoms with Gasteiger partial charge in [-0.15, -0.1) is 12.4 Å². The van der Waals surface area contributed by atoms with Gasteiger partial charge in [0.05, 0.1) is 0 Å². The Morgan fingerprint density at radius 2 is 1.60 bits per heavy atom. The maximum atomic E-state index is 10.7. The van der Waals surface area contributed by atoms with Crippen molar-refractivity contribution in [2.24, 2.45) is 5.73 Å². The number of hydrogen-bond donors (Lipinski definition) is 2. The molecule has 1 atom stereocenters. The van der Waals surface area contributed by atoms with Gasteiger partial charge in [-0.3, -0.25) is 4.79 Å². The minimum atomic E-state index is -0.996. The number of carbonyl (C=O) groups is 1. The summed E-state index contributed by atoms with van der Waals surface area (Å²) >= 11 is 0. The molecule has 0 spiro atoms. The minimum absolute atomic E-state index is 0. The number of halogens is 1. The standard InChI is InChI=1S/C15H15NO3.ClH/c16-14(15(17)18)10-11-6-8-13(9-7-11)19-12-4-2-1-3-5-12;/h1-9,14H,10,16H2,(H,17,18);1H/t14-;/m1./s1. The predicted octanol–water partition coefficient (Wildman–Crippen LogP) is 2.86.